The van der Waals surface area contributed by atoms with Crippen LogP contribution in [-0.2, 0) is 11.2 Å². The summed E-state index contributed by atoms with van der Waals surface area (Å²) in [5, 5.41) is 3.60. The van der Waals surface area contributed by atoms with Crippen molar-refractivity contribution in [2.24, 2.45) is 0 Å². The molecular weight excluding hydrogens is 490 g/mol. The van der Waals surface area contributed by atoms with E-state index < -0.39 is 11.7 Å². The van der Waals surface area contributed by atoms with Gasteiger partial charge in [-0.15, -0.1) is 0 Å². The molecule has 3 aromatic rings. The van der Waals surface area contributed by atoms with E-state index in [1.54, 1.807) is 23.1 Å². The quantitative estimate of drug-likeness (QED) is 0.472. The Morgan fingerprint density at radius 2 is 1.91 bits per heavy atom. The van der Waals surface area contributed by atoms with Crippen LogP contribution in [0.2, 0.25) is 10.0 Å². The lowest BCUT2D eigenvalue weighted by Gasteiger charge is -2.30. The number of nitrogens with one attached hydrogen (secondary N) is 1. The molecule has 2 aliphatic rings. The summed E-state index contributed by atoms with van der Waals surface area (Å²) in [7, 11) is 0. The topological polar surface area (TPSA) is 58.6 Å². The number of carbonyl (C=O) groups is 2. The molecule has 1 N–H and O–H groups in total. The monoisotopic (exact) mass is 512 g/mol. The molecule has 2 heterocycles. The molecule has 0 aromatic heterocycles. The Hall–Kier alpha value is -2.93. The molecule has 1 saturated heterocycles. The summed E-state index contributed by atoms with van der Waals surface area (Å²) < 4.78 is 19.7. The fraction of sp³-hybridized carbons (Fsp3) is 0.259. The summed E-state index contributed by atoms with van der Waals surface area (Å²) in [6.07, 6.45) is 2.29. The minimum Gasteiger partial charge on any atom is -0.379 e. The molecule has 1 unspecified atom stereocenters. The maximum absolute atomic E-state index is 14.4. The van der Waals surface area contributed by atoms with Crippen LogP contribution in [0, 0.1) is 5.82 Å². The smallest absolute Gasteiger partial charge is 0.262 e. The predicted octanol–water partition coefficient (Wildman–Crippen LogP) is 5.91. The molecule has 3 aromatic carbocycles. The number of carbonyl (C=O) groups excluding carboxylic acids is 2. The maximum atomic E-state index is 14.4. The third kappa shape index (κ3) is 4.79. The van der Waals surface area contributed by atoms with Gasteiger partial charge in [0, 0.05) is 35.0 Å². The van der Waals surface area contributed by atoms with E-state index in [1.165, 1.54) is 18.2 Å². The molecule has 1 fully saturated rings. The minimum absolute atomic E-state index is 0.0110. The number of rotatable bonds is 4. The van der Waals surface area contributed by atoms with Gasteiger partial charge in [-0.3, -0.25) is 9.59 Å². The SMILES string of the molecule is O=C(NC1CCOC1)c1ccc(Cl)c(-c2ccc3c(c2)CCCN3C(=O)c2c(F)cccc2Cl)c1. The Morgan fingerprint density at radius 3 is 2.69 bits per heavy atom. The van der Waals surface area contributed by atoms with Crippen LogP contribution in [0.25, 0.3) is 11.1 Å². The fourth-order valence-electron chi connectivity index (χ4n) is 4.62. The average molecular weight is 513 g/mol. The van der Waals surface area contributed by atoms with Crippen LogP contribution in [0.1, 0.15) is 39.1 Å². The van der Waals surface area contributed by atoms with E-state index in [-0.39, 0.29) is 22.5 Å². The first-order chi connectivity index (χ1) is 16.9. The number of anilines is 1. The molecule has 0 spiro atoms. The maximum Gasteiger partial charge on any atom is 0.262 e. The van der Waals surface area contributed by atoms with Crippen LogP contribution in [-0.4, -0.2) is 37.6 Å². The number of amides is 2. The van der Waals surface area contributed by atoms with E-state index in [4.69, 9.17) is 27.9 Å². The van der Waals surface area contributed by atoms with Gasteiger partial charge in [0.15, 0.2) is 0 Å². The Morgan fingerprint density at radius 1 is 1.06 bits per heavy atom. The Balaban J connectivity index is 1.45. The van der Waals surface area contributed by atoms with Crippen molar-refractivity contribution in [2.75, 3.05) is 24.7 Å². The number of hydrogen-bond acceptors (Lipinski definition) is 3. The van der Waals surface area contributed by atoms with Crippen molar-refractivity contribution in [3.8, 4) is 11.1 Å². The van der Waals surface area contributed by atoms with Gasteiger partial charge in [-0.2, -0.15) is 0 Å². The fourth-order valence-corrected chi connectivity index (χ4v) is 5.09. The van der Waals surface area contributed by atoms with Crippen molar-refractivity contribution >= 4 is 40.7 Å². The molecule has 8 heteroatoms. The number of fused-ring (bicyclic) bond motifs is 1. The Bertz CT molecular complexity index is 1290. The van der Waals surface area contributed by atoms with E-state index in [9.17, 15) is 14.0 Å². The van der Waals surface area contributed by atoms with Crippen LogP contribution in [0.5, 0.6) is 0 Å². The van der Waals surface area contributed by atoms with Crippen LogP contribution in [0.15, 0.2) is 54.6 Å². The molecule has 2 aliphatic heterocycles. The zero-order chi connectivity index (χ0) is 24.5. The van der Waals surface area contributed by atoms with E-state index in [0.717, 1.165) is 41.6 Å². The highest BCUT2D eigenvalue weighted by molar-refractivity contribution is 6.34. The summed E-state index contributed by atoms with van der Waals surface area (Å²) in [6, 6.07) is 15.1. The average Bonchev–Trinajstić information content (AvgIpc) is 3.36. The van der Waals surface area contributed by atoms with Gasteiger partial charge in [-0.1, -0.05) is 35.3 Å². The van der Waals surface area contributed by atoms with Gasteiger partial charge >= 0.3 is 0 Å². The second-order valence-corrected chi connectivity index (χ2v) is 9.54. The zero-order valence-corrected chi connectivity index (χ0v) is 20.3. The molecule has 5 rings (SSSR count). The van der Waals surface area contributed by atoms with E-state index in [2.05, 4.69) is 5.32 Å². The summed E-state index contributed by atoms with van der Waals surface area (Å²) in [6.45, 7) is 1.63. The molecule has 0 aliphatic carbocycles. The summed E-state index contributed by atoms with van der Waals surface area (Å²) in [4.78, 5) is 27.5. The van der Waals surface area contributed by atoms with Crippen molar-refractivity contribution < 1.29 is 18.7 Å². The van der Waals surface area contributed by atoms with Gasteiger partial charge in [0.05, 0.1) is 23.2 Å². The minimum atomic E-state index is -0.641. The molecular formula is C27H23Cl2FN2O3. The Labute approximate surface area is 212 Å². The summed E-state index contributed by atoms with van der Waals surface area (Å²) in [5.41, 5.74) is 3.62. The molecule has 0 saturated carbocycles. The van der Waals surface area contributed by atoms with E-state index >= 15 is 0 Å². The van der Waals surface area contributed by atoms with Gasteiger partial charge in [0.2, 0.25) is 0 Å². The second-order valence-electron chi connectivity index (χ2n) is 8.73. The van der Waals surface area contributed by atoms with Crippen molar-refractivity contribution in [3.63, 3.8) is 0 Å². The van der Waals surface area contributed by atoms with Crippen molar-refractivity contribution in [1.82, 2.24) is 5.32 Å². The highest BCUT2D eigenvalue weighted by atomic mass is 35.5. The molecule has 5 nitrogen and oxygen atoms in total. The van der Waals surface area contributed by atoms with Crippen LogP contribution >= 0.6 is 23.2 Å². The lowest BCUT2D eigenvalue weighted by atomic mass is 9.94. The first-order valence-electron chi connectivity index (χ1n) is 11.5. The van der Waals surface area contributed by atoms with Crippen molar-refractivity contribution in [3.05, 3.63) is 87.2 Å². The highest BCUT2D eigenvalue weighted by Crippen LogP contribution is 2.36. The van der Waals surface area contributed by atoms with Gasteiger partial charge < -0.3 is 15.0 Å². The highest BCUT2D eigenvalue weighted by Gasteiger charge is 2.28. The normalized spacial score (nSPS) is 17.2. The van der Waals surface area contributed by atoms with Gasteiger partial charge in [0.1, 0.15) is 5.82 Å². The van der Waals surface area contributed by atoms with E-state index in [0.29, 0.717) is 30.3 Å². The molecule has 1 atom stereocenters. The third-order valence-corrected chi connectivity index (χ3v) is 7.07. The second kappa shape index (κ2) is 9.97. The molecule has 180 valence electrons. The number of nitrogens with zero attached hydrogens (tertiary/aromatic N) is 1. The predicted molar refractivity (Wildman–Crippen MR) is 135 cm³/mol. The van der Waals surface area contributed by atoms with Crippen molar-refractivity contribution in [1.29, 1.82) is 0 Å². The zero-order valence-electron chi connectivity index (χ0n) is 18.8. The lowest BCUT2D eigenvalue weighted by molar-refractivity contribution is 0.0928. The number of benzene rings is 3. The van der Waals surface area contributed by atoms with Crippen LogP contribution in [0.3, 0.4) is 0 Å². The largest absolute Gasteiger partial charge is 0.379 e. The van der Waals surface area contributed by atoms with Crippen LogP contribution in [0.4, 0.5) is 10.1 Å². The Kier molecular flexibility index (Phi) is 6.78. The molecule has 2 amide bonds. The molecule has 0 radical (unpaired) electrons. The first kappa shape index (κ1) is 23.8. The number of ether oxygens (including phenoxy) is 1. The van der Waals surface area contributed by atoms with Gasteiger partial charge in [-0.25, -0.2) is 4.39 Å². The first-order valence-corrected chi connectivity index (χ1v) is 12.3. The standard InChI is InChI=1S/C27H23Cl2FN2O3/c28-21-8-6-18(26(33)31-19-10-12-35-15-19)14-20(21)16-7-9-24-17(13-16)3-2-11-32(24)27(34)25-22(29)4-1-5-23(25)30/h1,4-9,13-14,19H,2-3,10-12,15H2,(H,31,33). The van der Waals surface area contributed by atoms with Gasteiger partial charge in [0.25, 0.3) is 11.8 Å². The van der Waals surface area contributed by atoms with Crippen molar-refractivity contribution in [2.45, 2.75) is 25.3 Å². The molecule has 35 heavy (non-hydrogen) atoms. The number of halogens is 3. The van der Waals surface area contributed by atoms with E-state index in [1.807, 2.05) is 18.2 Å². The lowest BCUT2D eigenvalue weighted by Crippen LogP contribution is -2.36. The number of aryl methyl sites for hydroxylation is 1. The number of hydrogen-bond donors (Lipinski definition) is 1. The molecule has 0 bridgehead atoms. The third-order valence-electron chi connectivity index (χ3n) is 6.42. The summed E-state index contributed by atoms with van der Waals surface area (Å²) >= 11 is 12.7. The van der Waals surface area contributed by atoms with Gasteiger partial charge in [-0.05, 0) is 72.9 Å². The summed E-state index contributed by atoms with van der Waals surface area (Å²) in [5.74, 6) is -1.28. The van der Waals surface area contributed by atoms with Crippen LogP contribution < -0.4 is 10.2 Å².